The minimum atomic E-state index is 0.407. The molecule has 0 unspecified atom stereocenters. The number of nitrogens with zero attached hydrogens (tertiary/aromatic N) is 4. The molecule has 2 aromatic heterocycles. The third-order valence-corrected chi connectivity index (χ3v) is 3.45. The molecule has 0 spiro atoms. The Hall–Kier alpha value is -1.34. The SMILES string of the molecule is CCn1c(CN)nnc1SCc1ncoc1C. The van der Waals surface area contributed by atoms with Gasteiger partial charge in [0.2, 0.25) is 0 Å². The van der Waals surface area contributed by atoms with Crippen molar-refractivity contribution in [3.63, 3.8) is 0 Å². The van der Waals surface area contributed by atoms with Crippen LogP contribution in [0.5, 0.6) is 0 Å². The average molecular weight is 253 g/mol. The van der Waals surface area contributed by atoms with Crippen LogP contribution in [-0.4, -0.2) is 19.7 Å². The third-order valence-electron chi connectivity index (χ3n) is 2.47. The Bertz CT molecular complexity index is 493. The van der Waals surface area contributed by atoms with Gasteiger partial charge in [-0.3, -0.25) is 0 Å². The molecule has 0 saturated heterocycles. The van der Waals surface area contributed by atoms with Gasteiger partial charge in [-0.05, 0) is 13.8 Å². The van der Waals surface area contributed by atoms with E-state index in [-0.39, 0.29) is 0 Å². The summed E-state index contributed by atoms with van der Waals surface area (Å²) in [6.45, 7) is 5.18. The zero-order valence-corrected chi connectivity index (χ0v) is 10.7. The molecule has 92 valence electrons. The van der Waals surface area contributed by atoms with Gasteiger partial charge in [-0.15, -0.1) is 10.2 Å². The number of thioether (sulfide) groups is 1. The van der Waals surface area contributed by atoms with E-state index in [1.807, 2.05) is 18.4 Å². The van der Waals surface area contributed by atoms with Crippen LogP contribution in [0.15, 0.2) is 16.0 Å². The maximum Gasteiger partial charge on any atom is 0.191 e. The zero-order chi connectivity index (χ0) is 12.3. The lowest BCUT2D eigenvalue weighted by molar-refractivity contribution is 0.525. The molecular weight excluding hydrogens is 238 g/mol. The quantitative estimate of drug-likeness (QED) is 0.810. The molecule has 2 N–H and O–H groups in total. The van der Waals surface area contributed by atoms with E-state index in [1.165, 1.54) is 6.39 Å². The summed E-state index contributed by atoms with van der Waals surface area (Å²) in [5.74, 6) is 2.39. The number of aryl methyl sites for hydroxylation is 1. The van der Waals surface area contributed by atoms with Gasteiger partial charge in [0.15, 0.2) is 11.6 Å². The Balaban J connectivity index is 2.09. The summed E-state index contributed by atoms with van der Waals surface area (Å²) in [6, 6.07) is 0. The van der Waals surface area contributed by atoms with Crippen molar-refractivity contribution in [1.82, 2.24) is 19.7 Å². The van der Waals surface area contributed by atoms with Crippen molar-refractivity contribution in [3.05, 3.63) is 23.7 Å². The fourth-order valence-corrected chi connectivity index (χ4v) is 2.53. The molecule has 2 aromatic rings. The van der Waals surface area contributed by atoms with Gasteiger partial charge in [0.25, 0.3) is 0 Å². The molecule has 0 saturated carbocycles. The maximum absolute atomic E-state index is 5.59. The molecule has 0 aromatic carbocycles. The van der Waals surface area contributed by atoms with Crippen LogP contribution in [0.1, 0.15) is 24.2 Å². The molecule has 0 fully saturated rings. The van der Waals surface area contributed by atoms with Crippen LogP contribution in [0, 0.1) is 6.92 Å². The van der Waals surface area contributed by atoms with Crippen molar-refractivity contribution in [3.8, 4) is 0 Å². The number of nitrogens with two attached hydrogens (primary N) is 1. The smallest absolute Gasteiger partial charge is 0.191 e. The van der Waals surface area contributed by atoms with Gasteiger partial charge in [-0.1, -0.05) is 11.8 Å². The Morgan fingerprint density at radius 2 is 2.29 bits per heavy atom. The van der Waals surface area contributed by atoms with E-state index in [0.29, 0.717) is 6.54 Å². The lowest BCUT2D eigenvalue weighted by Crippen LogP contribution is -2.08. The highest BCUT2D eigenvalue weighted by atomic mass is 32.2. The molecule has 0 aliphatic carbocycles. The van der Waals surface area contributed by atoms with Gasteiger partial charge in [0.05, 0.1) is 12.2 Å². The van der Waals surface area contributed by atoms with Crippen LogP contribution < -0.4 is 5.73 Å². The lowest BCUT2D eigenvalue weighted by Gasteiger charge is -2.04. The van der Waals surface area contributed by atoms with E-state index in [0.717, 1.165) is 34.7 Å². The van der Waals surface area contributed by atoms with Crippen LogP contribution in [0.2, 0.25) is 0 Å². The minimum absolute atomic E-state index is 0.407. The van der Waals surface area contributed by atoms with Gasteiger partial charge in [0.1, 0.15) is 11.6 Å². The first-order valence-electron chi connectivity index (χ1n) is 5.40. The van der Waals surface area contributed by atoms with Crippen molar-refractivity contribution in [1.29, 1.82) is 0 Å². The van der Waals surface area contributed by atoms with E-state index >= 15 is 0 Å². The largest absolute Gasteiger partial charge is 0.448 e. The molecule has 0 radical (unpaired) electrons. The number of rotatable bonds is 5. The van der Waals surface area contributed by atoms with Crippen LogP contribution >= 0.6 is 11.8 Å². The van der Waals surface area contributed by atoms with E-state index in [1.54, 1.807) is 11.8 Å². The molecule has 0 amide bonds. The first kappa shape index (κ1) is 12.1. The Labute approximate surface area is 104 Å². The zero-order valence-electron chi connectivity index (χ0n) is 9.88. The average Bonchev–Trinajstić information content (AvgIpc) is 2.92. The molecule has 0 aliphatic heterocycles. The van der Waals surface area contributed by atoms with E-state index < -0.39 is 0 Å². The van der Waals surface area contributed by atoms with Crippen molar-refractivity contribution in [2.24, 2.45) is 5.73 Å². The van der Waals surface area contributed by atoms with Crippen molar-refractivity contribution < 1.29 is 4.42 Å². The second-order valence-corrected chi connectivity index (χ2v) is 4.43. The van der Waals surface area contributed by atoms with Crippen molar-refractivity contribution >= 4 is 11.8 Å². The molecule has 2 rings (SSSR count). The highest BCUT2D eigenvalue weighted by Gasteiger charge is 2.11. The fourth-order valence-electron chi connectivity index (χ4n) is 1.49. The van der Waals surface area contributed by atoms with E-state index in [4.69, 9.17) is 10.2 Å². The summed E-state index contributed by atoms with van der Waals surface area (Å²) >= 11 is 1.59. The first-order chi connectivity index (χ1) is 8.26. The molecule has 0 aliphatic rings. The summed E-state index contributed by atoms with van der Waals surface area (Å²) in [6.07, 6.45) is 1.46. The molecular formula is C10H15N5OS. The summed E-state index contributed by atoms with van der Waals surface area (Å²) < 4.78 is 7.16. The van der Waals surface area contributed by atoms with Crippen molar-refractivity contribution in [2.45, 2.75) is 37.8 Å². The molecule has 6 nitrogen and oxygen atoms in total. The van der Waals surface area contributed by atoms with Crippen LogP contribution in [0.25, 0.3) is 0 Å². The second kappa shape index (κ2) is 5.33. The summed E-state index contributed by atoms with van der Waals surface area (Å²) in [5.41, 5.74) is 6.53. The lowest BCUT2D eigenvalue weighted by atomic mass is 10.4. The normalized spacial score (nSPS) is 11.0. The molecule has 2 heterocycles. The first-order valence-corrected chi connectivity index (χ1v) is 6.38. The number of oxazole rings is 1. The predicted octanol–water partition coefficient (Wildman–Crippen LogP) is 1.35. The van der Waals surface area contributed by atoms with Crippen LogP contribution in [0.3, 0.4) is 0 Å². The van der Waals surface area contributed by atoms with Crippen molar-refractivity contribution in [2.75, 3.05) is 0 Å². The Kier molecular flexibility index (Phi) is 3.80. The minimum Gasteiger partial charge on any atom is -0.448 e. The third kappa shape index (κ3) is 2.50. The summed E-state index contributed by atoms with van der Waals surface area (Å²) in [7, 11) is 0. The van der Waals surface area contributed by atoms with E-state index in [2.05, 4.69) is 15.2 Å². The van der Waals surface area contributed by atoms with Gasteiger partial charge in [-0.2, -0.15) is 0 Å². The predicted molar refractivity (Wildman–Crippen MR) is 64.4 cm³/mol. The summed E-state index contributed by atoms with van der Waals surface area (Å²) in [4.78, 5) is 4.14. The Morgan fingerprint density at radius 3 is 2.88 bits per heavy atom. The fraction of sp³-hybridized carbons (Fsp3) is 0.500. The van der Waals surface area contributed by atoms with Gasteiger partial charge < -0.3 is 14.7 Å². The second-order valence-electron chi connectivity index (χ2n) is 3.49. The van der Waals surface area contributed by atoms with Gasteiger partial charge >= 0.3 is 0 Å². The standard InChI is InChI=1S/C10H15N5OS/c1-3-15-9(4-11)13-14-10(15)17-5-8-7(2)16-6-12-8/h6H,3-5,11H2,1-2H3. The Morgan fingerprint density at radius 1 is 1.47 bits per heavy atom. The number of hydrogen-bond donors (Lipinski definition) is 1. The highest BCUT2D eigenvalue weighted by Crippen LogP contribution is 2.22. The molecule has 0 atom stereocenters. The van der Waals surface area contributed by atoms with Gasteiger partial charge in [0, 0.05) is 12.3 Å². The topological polar surface area (TPSA) is 82.8 Å². The summed E-state index contributed by atoms with van der Waals surface area (Å²) in [5, 5.41) is 9.05. The van der Waals surface area contributed by atoms with Gasteiger partial charge in [-0.25, -0.2) is 4.98 Å². The molecule has 0 bridgehead atoms. The highest BCUT2D eigenvalue weighted by molar-refractivity contribution is 7.98. The van der Waals surface area contributed by atoms with Crippen LogP contribution in [0.4, 0.5) is 0 Å². The maximum atomic E-state index is 5.59. The monoisotopic (exact) mass is 253 g/mol. The molecule has 17 heavy (non-hydrogen) atoms. The van der Waals surface area contributed by atoms with Crippen LogP contribution in [-0.2, 0) is 18.8 Å². The number of aromatic nitrogens is 4. The van der Waals surface area contributed by atoms with E-state index in [9.17, 15) is 0 Å². The number of hydrogen-bond acceptors (Lipinski definition) is 6. The molecule has 7 heteroatoms.